The van der Waals surface area contributed by atoms with Gasteiger partial charge < -0.3 is 14.6 Å². The Balaban J connectivity index is 1.57. The fourth-order valence-corrected chi connectivity index (χ4v) is 3.87. The zero-order valence-corrected chi connectivity index (χ0v) is 17.9. The summed E-state index contributed by atoms with van der Waals surface area (Å²) in [6.07, 6.45) is 2.53. The Morgan fingerprint density at radius 1 is 1.17 bits per heavy atom. The zero-order chi connectivity index (χ0) is 21.5. The molecule has 0 aliphatic heterocycles. The number of nitrogens with zero attached hydrogens (tertiary/aromatic N) is 2. The minimum absolute atomic E-state index is 0.314. The molecule has 30 heavy (non-hydrogen) atoms. The minimum atomic E-state index is -0.596. The van der Waals surface area contributed by atoms with E-state index in [-0.39, 0.29) is 6.61 Å². The number of hydrogen-bond donors (Lipinski definition) is 1. The summed E-state index contributed by atoms with van der Waals surface area (Å²) < 4.78 is 10.4. The summed E-state index contributed by atoms with van der Waals surface area (Å²) in [6, 6.07) is 10.8. The van der Waals surface area contributed by atoms with E-state index in [1.165, 1.54) is 17.3 Å². The third-order valence-corrected chi connectivity index (χ3v) is 5.54. The van der Waals surface area contributed by atoms with E-state index >= 15 is 0 Å². The van der Waals surface area contributed by atoms with Crippen molar-refractivity contribution >= 4 is 29.3 Å². The molecule has 1 amide bonds. The van der Waals surface area contributed by atoms with Crippen LogP contribution in [0.4, 0.5) is 5.69 Å². The van der Waals surface area contributed by atoms with Crippen molar-refractivity contribution in [2.24, 2.45) is 0 Å². The van der Waals surface area contributed by atoms with Gasteiger partial charge in [0.15, 0.2) is 6.61 Å². The lowest BCUT2D eigenvalue weighted by molar-refractivity contribution is -0.119. The van der Waals surface area contributed by atoms with Gasteiger partial charge in [0, 0.05) is 23.2 Å². The monoisotopic (exact) mass is 425 g/mol. The Morgan fingerprint density at radius 2 is 1.93 bits per heavy atom. The van der Waals surface area contributed by atoms with Crippen LogP contribution < -0.4 is 5.32 Å². The van der Waals surface area contributed by atoms with Crippen LogP contribution in [0.5, 0.6) is 0 Å². The molecule has 3 aromatic rings. The molecule has 156 valence electrons. The summed E-state index contributed by atoms with van der Waals surface area (Å²) in [5, 5.41) is 7.18. The Labute approximate surface area is 179 Å². The maximum atomic E-state index is 12.5. The number of nitrogens with one attached hydrogen (secondary N) is 1. The number of carbonyl (C=O) groups excluding carboxylic acids is 2. The first-order chi connectivity index (χ1) is 14.5. The molecule has 8 heteroatoms. The average molecular weight is 426 g/mol. The summed E-state index contributed by atoms with van der Waals surface area (Å²) in [5.74, 6) is 0.304. The number of ether oxygens (including phenoxy) is 1. The maximum absolute atomic E-state index is 12.5. The number of carbonyl (C=O) groups is 2. The highest BCUT2D eigenvalue weighted by molar-refractivity contribution is 7.98. The molecule has 0 unspecified atom stereocenters. The number of aryl methyl sites for hydroxylation is 3. The van der Waals surface area contributed by atoms with E-state index < -0.39 is 11.9 Å². The molecule has 7 nitrogen and oxygen atoms in total. The van der Waals surface area contributed by atoms with E-state index in [4.69, 9.17) is 9.26 Å². The lowest BCUT2D eigenvalue weighted by Crippen LogP contribution is -2.21. The van der Waals surface area contributed by atoms with Gasteiger partial charge in [0.05, 0.1) is 11.3 Å². The van der Waals surface area contributed by atoms with E-state index in [2.05, 4.69) is 22.4 Å². The van der Waals surface area contributed by atoms with Gasteiger partial charge >= 0.3 is 5.97 Å². The largest absolute Gasteiger partial charge is 0.452 e. The smallest absolute Gasteiger partial charge is 0.341 e. The van der Waals surface area contributed by atoms with E-state index in [0.717, 1.165) is 23.4 Å². The molecule has 0 saturated heterocycles. The Bertz CT molecular complexity index is 1010. The second kappa shape index (κ2) is 10.1. The Hall–Kier alpha value is -3.13. The van der Waals surface area contributed by atoms with Crippen LogP contribution in [-0.2, 0) is 21.7 Å². The first-order valence-corrected chi connectivity index (χ1v) is 10.5. The van der Waals surface area contributed by atoms with Crippen molar-refractivity contribution in [3.05, 3.63) is 70.7 Å². The van der Waals surface area contributed by atoms with Crippen LogP contribution in [0.25, 0.3) is 0 Å². The topological polar surface area (TPSA) is 94.3 Å². The normalized spacial score (nSPS) is 10.6. The van der Waals surface area contributed by atoms with Crippen molar-refractivity contribution in [2.75, 3.05) is 11.9 Å². The predicted molar refractivity (Wildman–Crippen MR) is 115 cm³/mol. The third kappa shape index (κ3) is 5.48. The molecule has 1 aromatic carbocycles. The molecule has 0 atom stereocenters. The predicted octanol–water partition coefficient (Wildman–Crippen LogP) is 4.34. The van der Waals surface area contributed by atoms with Crippen LogP contribution in [0.1, 0.15) is 39.9 Å². The lowest BCUT2D eigenvalue weighted by atomic mass is 10.1. The van der Waals surface area contributed by atoms with Gasteiger partial charge in [-0.3, -0.25) is 4.79 Å². The van der Waals surface area contributed by atoms with Crippen molar-refractivity contribution in [3.63, 3.8) is 0 Å². The van der Waals surface area contributed by atoms with Gasteiger partial charge in [-0.2, -0.15) is 0 Å². The number of thioether (sulfide) groups is 1. The first kappa shape index (κ1) is 21.6. The summed E-state index contributed by atoms with van der Waals surface area (Å²) in [5.41, 5.74) is 3.93. The average Bonchev–Trinajstić information content (AvgIpc) is 3.08. The van der Waals surface area contributed by atoms with Crippen LogP contribution >= 0.6 is 11.8 Å². The molecule has 3 rings (SSSR count). The van der Waals surface area contributed by atoms with Crippen molar-refractivity contribution in [2.45, 2.75) is 38.0 Å². The van der Waals surface area contributed by atoms with E-state index in [1.807, 2.05) is 38.1 Å². The second-order valence-electron chi connectivity index (χ2n) is 6.62. The molecule has 0 aliphatic carbocycles. The quantitative estimate of drug-likeness (QED) is 0.424. The summed E-state index contributed by atoms with van der Waals surface area (Å²) in [6.45, 7) is 5.40. The highest BCUT2D eigenvalue weighted by Crippen LogP contribution is 2.27. The van der Waals surface area contributed by atoms with Gasteiger partial charge in [0.1, 0.15) is 10.8 Å². The number of benzene rings is 1. The highest BCUT2D eigenvalue weighted by Gasteiger charge is 2.17. The number of amides is 1. The number of rotatable bonds is 8. The van der Waals surface area contributed by atoms with Gasteiger partial charge in [-0.25, -0.2) is 9.78 Å². The third-order valence-electron chi connectivity index (χ3n) is 4.51. The highest BCUT2D eigenvalue weighted by atomic mass is 32.2. The zero-order valence-electron chi connectivity index (χ0n) is 17.1. The van der Waals surface area contributed by atoms with Crippen molar-refractivity contribution in [3.8, 4) is 0 Å². The van der Waals surface area contributed by atoms with E-state index in [9.17, 15) is 9.59 Å². The van der Waals surface area contributed by atoms with E-state index in [1.54, 1.807) is 18.3 Å². The molecule has 2 aromatic heterocycles. The number of pyridine rings is 1. The van der Waals surface area contributed by atoms with Gasteiger partial charge in [0.25, 0.3) is 5.91 Å². The molecule has 1 N–H and O–H groups in total. The van der Waals surface area contributed by atoms with Crippen LogP contribution in [0.3, 0.4) is 0 Å². The SMILES string of the molecule is CCc1ccc(NC(=O)COC(=O)c2cccnc2SCc2c(C)noc2C)cc1. The summed E-state index contributed by atoms with van der Waals surface area (Å²) >= 11 is 1.39. The fourth-order valence-electron chi connectivity index (χ4n) is 2.74. The van der Waals surface area contributed by atoms with Crippen molar-refractivity contribution in [1.82, 2.24) is 10.1 Å². The number of hydrogen-bond acceptors (Lipinski definition) is 7. The summed E-state index contributed by atoms with van der Waals surface area (Å²) in [7, 11) is 0. The van der Waals surface area contributed by atoms with Gasteiger partial charge in [0.2, 0.25) is 0 Å². The summed E-state index contributed by atoms with van der Waals surface area (Å²) in [4.78, 5) is 28.9. The fraction of sp³-hybridized carbons (Fsp3) is 0.273. The molecule has 0 radical (unpaired) electrons. The number of aromatic nitrogens is 2. The minimum Gasteiger partial charge on any atom is -0.452 e. The number of esters is 1. The first-order valence-electron chi connectivity index (χ1n) is 9.53. The lowest BCUT2D eigenvalue weighted by Gasteiger charge is -2.09. The second-order valence-corrected chi connectivity index (χ2v) is 7.59. The van der Waals surface area contributed by atoms with Gasteiger partial charge in [-0.1, -0.05) is 24.2 Å². The van der Waals surface area contributed by atoms with Crippen LogP contribution in [-0.4, -0.2) is 28.6 Å². The molecule has 2 heterocycles. The van der Waals surface area contributed by atoms with E-state index in [0.29, 0.717) is 22.0 Å². The molecule has 0 fully saturated rings. The van der Waals surface area contributed by atoms with Crippen molar-refractivity contribution in [1.29, 1.82) is 0 Å². The van der Waals surface area contributed by atoms with Gasteiger partial charge in [-0.05, 0) is 50.1 Å². The number of anilines is 1. The molecule has 0 bridgehead atoms. The molecule has 0 aliphatic rings. The van der Waals surface area contributed by atoms with Crippen LogP contribution in [0.15, 0.2) is 52.1 Å². The Morgan fingerprint density at radius 3 is 2.60 bits per heavy atom. The molecule has 0 saturated carbocycles. The van der Waals surface area contributed by atoms with Crippen molar-refractivity contribution < 1.29 is 18.8 Å². The standard InChI is InChI=1S/C22H23N3O4S/c1-4-16-7-9-17(10-8-16)24-20(26)12-28-22(27)18-6-5-11-23-21(18)30-13-19-14(2)25-29-15(19)3/h5-11H,4,12-13H2,1-3H3,(H,24,26). The van der Waals surface area contributed by atoms with Gasteiger partial charge in [-0.15, -0.1) is 11.8 Å². The van der Waals surface area contributed by atoms with Crippen LogP contribution in [0.2, 0.25) is 0 Å². The molecular weight excluding hydrogens is 402 g/mol. The Kier molecular flexibility index (Phi) is 7.24. The molecular formula is C22H23N3O4S. The maximum Gasteiger partial charge on any atom is 0.341 e. The molecule has 0 spiro atoms. The van der Waals surface area contributed by atoms with Crippen LogP contribution in [0, 0.1) is 13.8 Å².